The molecule has 12 heteroatoms. The van der Waals surface area contributed by atoms with E-state index >= 15 is 0 Å². The van der Waals surface area contributed by atoms with Crippen molar-refractivity contribution >= 4 is 35.7 Å². The zero-order valence-corrected chi connectivity index (χ0v) is 19.1. The van der Waals surface area contributed by atoms with E-state index in [0.717, 1.165) is 0 Å². The molecule has 3 N–H and O–H groups in total. The summed E-state index contributed by atoms with van der Waals surface area (Å²) in [6.45, 7) is 12.5. The van der Waals surface area contributed by atoms with E-state index in [0.29, 0.717) is 0 Å². The first-order chi connectivity index (χ1) is 15.2. The molecule has 0 radical (unpaired) electrons. The smallest absolute Gasteiger partial charge is 0.359 e. The minimum Gasteiger partial charge on any atom is -0.481 e. The molecule has 2 unspecified atom stereocenters. The van der Waals surface area contributed by atoms with Crippen molar-refractivity contribution in [1.82, 2.24) is 10.6 Å². The standard InChI is InChI=1S/C21H30N2O10/c1-11(2)18(27)22-9-13(5)31-20(29)17(33-16(26)8-7-15(24)25)21(30)32-14(6)10-23-19(28)12(3)4/h13-14,17H,1,3,7-10H2,2,4-6H3,(H,22,27)(H,23,28)(H,24,25). The molecule has 0 heterocycles. The monoisotopic (exact) mass is 470 g/mol. The van der Waals surface area contributed by atoms with Crippen LogP contribution in [-0.2, 0) is 43.0 Å². The van der Waals surface area contributed by atoms with Crippen molar-refractivity contribution in [2.45, 2.75) is 58.8 Å². The van der Waals surface area contributed by atoms with Gasteiger partial charge in [0.05, 0.1) is 25.9 Å². The zero-order valence-electron chi connectivity index (χ0n) is 19.1. The van der Waals surface area contributed by atoms with Crippen LogP contribution in [0.5, 0.6) is 0 Å². The van der Waals surface area contributed by atoms with Gasteiger partial charge in [0.2, 0.25) is 11.8 Å². The number of hydrogen-bond donors (Lipinski definition) is 3. The van der Waals surface area contributed by atoms with Gasteiger partial charge in [-0.1, -0.05) is 13.2 Å². The fourth-order valence-electron chi connectivity index (χ4n) is 1.97. The molecule has 0 aliphatic carbocycles. The second-order valence-electron chi connectivity index (χ2n) is 7.24. The Hall–Kier alpha value is -3.70. The summed E-state index contributed by atoms with van der Waals surface area (Å²) in [7, 11) is 0. The molecule has 0 aliphatic rings. The van der Waals surface area contributed by atoms with E-state index in [2.05, 4.69) is 23.8 Å². The van der Waals surface area contributed by atoms with E-state index in [-0.39, 0.29) is 24.2 Å². The zero-order chi connectivity index (χ0) is 25.7. The van der Waals surface area contributed by atoms with Crippen molar-refractivity contribution in [3.8, 4) is 0 Å². The van der Waals surface area contributed by atoms with Crippen molar-refractivity contribution in [2.75, 3.05) is 13.1 Å². The van der Waals surface area contributed by atoms with Crippen molar-refractivity contribution in [3.63, 3.8) is 0 Å². The highest BCUT2D eigenvalue weighted by molar-refractivity contribution is 6.00. The summed E-state index contributed by atoms with van der Waals surface area (Å²) in [5, 5.41) is 13.6. The summed E-state index contributed by atoms with van der Waals surface area (Å²) in [4.78, 5) is 70.5. The summed E-state index contributed by atoms with van der Waals surface area (Å²) in [6, 6.07) is 0. The number of amides is 2. The second kappa shape index (κ2) is 14.4. The van der Waals surface area contributed by atoms with Gasteiger partial charge in [-0.25, -0.2) is 9.59 Å². The Morgan fingerprint density at radius 1 is 0.758 bits per heavy atom. The molecule has 12 nitrogen and oxygen atoms in total. The summed E-state index contributed by atoms with van der Waals surface area (Å²) >= 11 is 0. The number of esters is 3. The molecule has 2 atom stereocenters. The molecule has 0 fully saturated rings. The topological polar surface area (TPSA) is 174 Å². The van der Waals surface area contributed by atoms with E-state index in [1.165, 1.54) is 27.7 Å². The molecule has 0 aromatic rings. The summed E-state index contributed by atoms with van der Waals surface area (Å²) in [6.07, 6.45) is -5.14. The number of carbonyl (C=O) groups excluding carboxylic acids is 5. The van der Waals surface area contributed by atoms with Crippen LogP contribution in [0.25, 0.3) is 0 Å². The molecule has 0 aromatic heterocycles. The first-order valence-corrected chi connectivity index (χ1v) is 9.94. The minimum absolute atomic E-state index is 0.116. The fourth-order valence-corrected chi connectivity index (χ4v) is 1.97. The maximum atomic E-state index is 12.5. The Labute approximate surface area is 191 Å². The molecule has 0 aromatic carbocycles. The lowest BCUT2D eigenvalue weighted by molar-refractivity contribution is -0.184. The maximum absolute atomic E-state index is 12.5. The highest BCUT2D eigenvalue weighted by Gasteiger charge is 2.36. The Bertz CT molecular complexity index is 755. The van der Waals surface area contributed by atoms with Crippen LogP contribution >= 0.6 is 0 Å². The van der Waals surface area contributed by atoms with Crippen LogP contribution in [0.2, 0.25) is 0 Å². The van der Waals surface area contributed by atoms with Crippen LogP contribution in [0.3, 0.4) is 0 Å². The second-order valence-corrected chi connectivity index (χ2v) is 7.24. The van der Waals surface area contributed by atoms with Gasteiger partial charge in [-0.15, -0.1) is 0 Å². The third-order valence-corrected chi connectivity index (χ3v) is 3.73. The van der Waals surface area contributed by atoms with Gasteiger partial charge >= 0.3 is 23.9 Å². The van der Waals surface area contributed by atoms with Crippen LogP contribution in [0, 0.1) is 0 Å². The van der Waals surface area contributed by atoms with Gasteiger partial charge in [-0.3, -0.25) is 19.2 Å². The van der Waals surface area contributed by atoms with Crippen LogP contribution in [-0.4, -0.2) is 72.2 Å². The van der Waals surface area contributed by atoms with Gasteiger partial charge in [-0.05, 0) is 27.7 Å². The number of ether oxygens (including phenoxy) is 3. The average molecular weight is 470 g/mol. The predicted molar refractivity (Wildman–Crippen MR) is 114 cm³/mol. The van der Waals surface area contributed by atoms with Crippen molar-refractivity contribution < 1.29 is 48.1 Å². The van der Waals surface area contributed by atoms with Crippen LogP contribution in [0.1, 0.15) is 40.5 Å². The van der Waals surface area contributed by atoms with E-state index in [1.54, 1.807) is 0 Å². The van der Waals surface area contributed by atoms with Gasteiger partial charge in [0.15, 0.2) is 0 Å². The van der Waals surface area contributed by atoms with E-state index in [4.69, 9.17) is 19.3 Å². The molecule has 0 bridgehead atoms. The van der Waals surface area contributed by atoms with Crippen molar-refractivity contribution in [1.29, 1.82) is 0 Å². The molecule has 184 valence electrons. The number of hydrogen-bond acceptors (Lipinski definition) is 9. The first-order valence-electron chi connectivity index (χ1n) is 9.94. The van der Waals surface area contributed by atoms with Gasteiger partial charge in [0.25, 0.3) is 6.10 Å². The van der Waals surface area contributed by atoms with Gasteiger partial charge in [0, 0.05) is 11.1 Å². The van der Waals surface area contributed by atoms with Crippen LogP contribution in [0.15, 0.2) is 24.3 Å². The molecule has 0 spiro atoms. The molecule has 0 saturated heterocycles. The molecule has 0 rings (SSSR count). The SMILES string of the molecule is C=C(C)C(=O)NCC(C)OC(=O)C(OC(=O)CCC(=O)O)C(=O)OC(C)CNC(=O)C(=C)C. The Morgan fingerprint density at radius 2 is 1.15 bits per heavy atom. The number of carboxylic acid groups (broad SMARTS) is 1. The number of aliphatic carboxylic acids is 1. The lowest BCUT2D eigenvalue weighted by Gasteiger charge is -2.21. The molecule has 2 amide bonds. The average Bonchev–Trinajstić information content (AvgIpc) is 2.71. The van der Waals surface area contributed by atoms with Crippen LogP contribution < -0.4 is 10.6 Å². The van der Waals surface area contributed by atoms with Gasteiger partial charge in [0.1, 0.15) is 12.2 Å². The Morgan fingerprint density at radius 3 is 1.48 bits per heavy atom. The number of carbonyl (C=O) groups is 6. The molecular formula is C21H30N2O10. The fraction of sp³-hybridized carbons (Fsp3) is 0.524. The summed E-state index contributed by atoms with van der Waals surface area (Å²) < 4.78 is 14.9. The maximum Gasteiger partial charge on any atom is 0.359 e. The van der Waals surface area contributed by atoms with E-state index < -0.39 is 66.8 Å². The van der Waals surface area contributed by atoms with Gasteiger partial charge in [-0.2, -0.15) is 0 Å². The van der Waals surface area contributed by atoms with Crippen molar-refractivity contribution in [3.05, 3.63) is 24.3 Å². The molecule has 33 heavy (non-hydrogen) atoms. The Kier molecular flexibility index (Phi) is 12.8. The Balaban J connectivity index is 5.17. The predicted octanol–water partition coefficient (Wildman–Crippen LogP) is 0.0110. The quantitative estimate of drug-likeness (QED) is 0.136. The molecular weight excluding hydrogens is 440 g/mol. The third kappa shape index (κ3) is 12.7. The number of rotatable bonds is 14. The van der Waals surface area contributed by atoms with Crippen molar-refractivity contribution in [2.24, 2.45) is 0 Å². The molecule has 0 aliphatic heterocycles. The normalized spacial score (nSPS) is 12.8. The highest BCUT2D eigenvalue weighted by atomic mass is 16.6. The summed E-state index contributed by atoms with van der Waals surface area (Å²) in [5.41, 5.74) is 0.463. The number of carboxylic acids is 1. The first kappa shape index (κ1) is 29.3. The largest absolute Gasteiger partial charge is 0.481 e. The third-order valence-electron chi connectivity index (χ3n) is 3.73. The minimum atomic E-state index is -2.13. The lowest BCUT2D eigenvalue weighted by Crippen LogP contribution is -2.43. The molecule has 0 saturated carbocycles. The lowest BCUT2D eigenvalue weighted by atomic mass is 10.3. The van der Waals surface area contributed by atoms with Gasteiger partial charge < -0.3 is 30.0 Å². The van der Waals surface area contributed by atoms with E-state index in [9.17, 15) is 28.8 Å². The van der Waals surface area contributed by atoms with Crippen LogP contribution in [0.4, 0.5) is 0 Å². The van der Waals surface area contributed by atoms with E-state index in [1.807, 2.05) is 0 Å². The number of nitrogens with one attached hydrogen (secondary N) is 2. The highest BCUT2D eigenvalue weighted by Crippen LogP contribution is 2.08. The summed E-state index contributed by atoms with van der Waals surface area (Å²) in [5.74, 6) is -5.92.